The van der Waals surface area contributed by atoms with Crippen LogP contribution in [-0.4, -0.2) is 37.0 Å². The molecule has 0 aromatic heterocycles. The molecule has 1 heterocycles. The molecule has 140 valence electrons. The van der Waals surface area contributed by atoms with Gasteiger partial charge < -0.3 is 14.8 Å². The van der Waals surface area contributed by atoms with Crippen molar-refractivity contribution >= 4 is 29.2 Å². The summed E-state index contributed by atoms with van der Waals surface area (Å²) >= 11 is 0. The Labute approximate surface area is 154 Å². The third-order valence-electron chi connectivity index (χ3n) is 3.87. The minimum absolute atomic E-state index is 0.158. The minimum Gasteiger partial charge on any atom is -0.479 e. The Bertz CT molecular complexity index is 869. The molecule has 0 unspecified atom stereocenters. The molecular formula is C19H17FN2O5. The Morgan fingerprint density at radius 3 is 2.63 bits per heavy atom. The zero-order valence-electron chi connectivity index (χ0n) is 14.5. The third kappa shape index (κ3) is 4.41. The third-order valence-corrected chi connectivity index (χ3v) is 3.87. The molecule has 0 saturated heterocycles. The Hall–Kier alpha value is -3.42. The van der Waals surface area contributed by atoms with E-state index in [-0.39, 0.29) is 12.5 Å². The number of esters is 1. The Morgan fingerprint density at radius 2 is 1.89 bits per heavy atom. The lowest BCUT2D eigenvalue weighted by Gasteiger charge is -2.29. The molecule has 0 aliphatic carbocycles. The predicted octanol–water partition coefficient (Wildman–Crippen LogP) is 2.12. The van der Waals surface area contributed by atoms with Crippen LogP contribution < -0.4 is 15.0 Å². The summed E-state index contributed by atoms with van der Waals surface area (Å²) in [6.45, 7) is 0.770. The van der Waals surface area contributed by atoms with E-state index in [0.29, 0.717) is 17.1 Å². The fourth-order valence-electron chi connectivity index (χ4n) is 2.55. The Balaban J connectivity index is 1.58. The largest absolute Gasteiger partial charge is 0.479 e. The second-order valence-corrected chi connectivity index (χ2v) is 5.87. The Morgan fingerprint density at radius 1 is 1.19 bits per heavy atom. The number of para-hydroxylation sites is 2. The summed E-state index contributed by atoms with van der Waals surface area (Å²) < 4.78 is 23.2. The lowest BCUT2D eigenvalue weighted by Crippen LogP contribution is -2.44. The Kier molecular flexibility index (Phi) is 5.35. The van der Waals surface area contributed by atoms with Crippen LogP contribution in [0.25, 0.3) is 0 Å². The highest BCUT2D eigenvalue weighted by Gasteiger charge is 2.28. The summed E-state index contributed by atoms with van der Waals surface area (Å²) in [5.41, 5.74) is 1.05. The molecule has 1 atom stereocenters. The quantitative estimate of drug-likeness (QED) is 0.813. The van der Waals surface area contributed by atoms with Gasteiger partial charge in [-0.05, 0) is 43.3 Å². The van der Waals surface area contributed by atoms with E-state index in [9.17, 15) is 18.8 Å². The molecule has 1 aliphatic heterocycles. The van der Waals surface area contributed by atoms with Crippen molar-refractivity contribution in [2.24, 2.45) is 0 Å². The number of nitrogens with zero attached hydrogens (tertiary/aromatic N) is 1. The summed E-state index contributed by atoms with van der Waals surface area (Å²) in [7, 11) is 0. The first-order chi connectivity index (χ1) is 12.9. The van der Waals surface area contributed by atoms with Crippen molar-refractivity contribution in [3.63, 3.8) is 0 Å². The van der Waals surface area contributed by atoms with Crippen LogP contribution in [0.1, 0.15) is 6.92 Å². The number of hydrogen-bond donors (Lipinski definition) is 1. The number of benzene rings is 2. The van der Waals surface area contributed by atoms with Gasteiger partial charge in [0.05, 0.1) is 11.4 Å². The van der Waals surface area contributed by atoms with Crippen molar-refractivity contribution in [2.45, 2.75) is 13.0 Å². The first-order valence-corrected chi connectivity index (χ1v) is 8.22. The normalized spacial score (nSPS) is 14.0. The molecule has 2 aromatic rings. The summed E-state index contributed by atoms with van der Waals surface area (Å²) in [6, 6.07) is 12.0. The van der Waals surface area contributed by atoms with Crippen LogP contribution in [-0.2, 0) is 19.1 Å². The van der Waals surface area contributed by atoms with E-state index >= 15 is 0 Å². The second kappa shape index (κ2) is 7.86. The van der Waals surface area contributed by atoms with Crippen LogP contribution in [0.5, 0.6) is 5.75 Å². The van der Waals surface area contributed by atoms with Crippen molar-refractivity contribution in [3.8, 4) is 5.75 Å². The van der Waals surface area contributed by atoms with E-state index in [1.165, 1.54) is 36.1 Å². The number of carbonyl (C=O) groups is 3. The molecular weight excluding hydrogens is 355 g/mol. The van der Waals surface area contributed by atoms with Gasteiger partial charge >= 0.3 is 5.97 Å². The number of ether oxygens (including phenoxy) is 2. The number of fused-ring (bicyclic) bond motifs is 1. The average Bonchev–Trinajstić information content (AvgIpc) is 2.66. The van der Waals surface area contributed by atoms with Gasteiger partial charge in [-0.25, -0.2) is 9.18 Å². The van der Waals surface area contributed by atoms with Gasteiger partial charge in [0.2, 0.25) is 5.91 Å². The predicted molar refractivity (Wildman–Crippen MR) is 94.9 cm³/mol. The maximum absolute atomic E-state index is 12.9. The fraction of sp³-hybridized carbons (Fsp3) is 0.211. The molecule has 2 amide bonds. The average molecular weight is 372 g/mol. The maximum atomic E-state index is 12.9. The lowest BCUT2D eigenvalue weighted by atomic mass is 10.2. The van der Waals surface area contributed by atoms with E-state index in [2.05, 4.69) is 5.32 Å². The molecule has 1 aliphatic rings. The van der Waals surface area contributed by atoms with Crippen LogP contribution in [0.4, 0.5) is 15.8 Å². The summed E-state index contributed by atoms with van der Waals surface area (Å²) in [5, 5.41) is 2.67. The topological polar surface area (TPSA) is 84.9 Å². The van der Waals surface area contributed by atoms with E-state index in [0.717, 1.165) is 0 Å². The fourth-order valence-corrected chi connectivity index (χ4v) is 2.55. The highest BCUT2D eigenvalue weighted by Crippen LogP contribution is 2.28. The van der Waals surface area contributed by atoms with Crippen LogP contribution in [0.2, 0.25) is 0 Å². The van der Waals surface area contributed by atoms with E-state index in [1.807, 2.05) is 0 Å². The summed E-state index contributed by atoms with van der Waals surface area (Å²) in [6.07, 6.45) is -0.986. The van der Waals surface area contributed by atoms with Crippen LogP contribution in [0, 0.1) is 5.82 Å². The van der Waals surface area contributed by atoms with E-state index in [1.54, 1.807) is 24.3 Å². The molecule has 0 radical (unpaired) electrons. The second-order valence-electron chi connectivity index (χ2n) is 5.87. The van der Waals surface area contributed by atoms with Crippen molar-refractivity contribution in [1.82, 2.24) is 0 Å². The van der Waals surface area contributed by atoms with E-state index < -0.39 is 30.4 Å². The number of anilines is 2. The number of amides is 2. The van der Waals surface area contributed by atoms with Gasteiger partial charge in [-0.3, -0.25) is 14.5 Å². The SMILES string of the molecule is C[C@@H](Oc1ccc(F)cc1)C(=O)OCC(=O)N1CC(=O)Nc2ccccc21. The van der Waals surface area contributed by atoms with E-state index in [4.69, 9.17) is 9.47 Å². The molecule has 0 saturated carbocycles. The van der Waals surface area contributed by atoms with Gasteiger partial charge in [0.25, 0.3) is 5.91 Å². The first kappa shape index (κ1) is 18.4. The van der Waals surface area contributed by atoms with Crippen LogP contribution in [0.15, 0.2) is 48.5 Å². The molecule has 3 rings (SSSR count). The van der Waals surface area contributed by atoms with Gasteiger partial charge in [-0.2, -0.15) is 0 Å². The zero-order valence-corrected chi connectivity index (χ0v) is 14.5. The summed E-state index contributed by atoms with van der Waals surface area (Å²) in [4.78, 5) is 37.5. The minimum atomic E-state index is -0.986. The highest BCUT2D eigenvalue weighted by atomic mass is 19.1. The zero-order chi connectivity index (χ0) is 19.4. The van der Waals surface area contributed by atoms with Crippen molar-refractivity contribution in [1.29, 1.82) is 0 Å². The number of halogens is 1. The number of hydrogen-bond acceptors (Lipinski definition) is 5. The molecule has 1 N–H and O–H groups in total. The molecule has 0 spiro atoms. The highest BCUT2D eigenvalue weighted by molar-refractivity contribution is 6.10. The smallest absolute Gasteiger partial charge is 0.347 e. The van der Waals surface area contributed by atoms with Gasteiger partial charge in [0.15, 0.2) is 12.7 Å². The van der Waals surface area contributed by atoms with Crippen LogP contribution in [0.3, 0.4) is 0 Å². The molecule has 0 bridgehead atoms. The summed E-state index contributed by atoms with van der Waals surface area (Å²) in [5.74, 6) is -1.73. The number of carbonyl (C=O) groups excluding carboxylic acids is 3. The monoisotopic (exact) mass is 372 g/mol. The maximum Gasteiger partial charge on any atom is 0.347 e. The van der Waals surface area contributed by atoms with Crippen molar-refractivity contribution in [2.75, 3.05) is 23.4 Å². The number of nitrogens with one attached hydrogen (secondary N) is 1. The van der Waals surface area contributed by atoms with Gasteiger partial charge in [0, 0.05) is 0 Å². The van der Waals surface area contributed by atoms with Gasteiger partial charge in [-0.1, -0.05) is 12.1 Å². The van der Waals surface area contributed by atoms with Crippen molar-refractivity contribution in [3.05, 3.63) is 54.3 Å². The van der Waals surface area contributed by atoms with Crippen molar-refractivity contribution < 1.29 is 28.2 Å². The molecule has 0 fully saturated rings. The molecule has 7 nitrogen and oxygen atoms in total. The first-order valence-electron chi connectivity index (χ1n) is 8.22. The van der Waals surface area contributed by atoms with Gasteiger partial charge in [0.1, 0.15) is 18.1 Å². The molecule has 8 heteroatoms. The lowest BCUT2D eigenvalue weighted by molar-refractivity contribution is -0.154. The van der Waals surface area contributed by atoms with Crippen LogP contribution >= 0.6 is 0 Å². The molecule has 2 aromatic carbocycles. The standard InChI is InChI=1S/C19H17FN2O5/c1-12(27-14-8-6-13(20)7-9-14)19(25)26-11-18(24)22-10-17(23)21-15-4-2-3-5-16(15)22/h2-9,12H,10-11H2,1H3,(H,21,23)/t12-/m1/s1. The van der Waals surface area contributed by atoms with Gasteiger partial charge in [-0.15, -0.1) is 0 Å². The number of rotatable bonds is 5. The molecule has 27 heavy (non-hydrogen) atoms.